The van der Waals surface area contributed by atoms with Crippen molar-refractivity contribution >= 4 is 33.0 Å². The van der Waals surface area contributed by atoms with E-state index in [1.807, 2.05) is 6.92 Å². The molecule has 0 atom stereocenters. The third kappa shape index (κ3) is 3.40. The zero-order valence-corrected chi connectivity index (χ0v) is 13.1. The first-order chi connectivity index (χ1) is 9.83. The minimum absolute atomic E-state index is 0.142. The SMILES string of the molecule is COc1cc(N)cc(Cl)c1NS(=O)(=O)c1ccc(C)cc1. The second-order valence-corrected chi connectivity index (χ2v) is 6.59. The molecule has 0 heterocycles. The Morgan fingerprint density at radius 1 is 1.19 bits per heavy atom. The number of halogens is 1. The van der Waals surface area contributed by atoms with E-state index in [-0.39, 0.29) is 21.4 Å². The smallest absolute Gasteiger partial charge is 0.262 e. The number of rotatable bonds is 4. The van der Waals surface area contributed by atoms with Crippen molar-refractivity contribution < 1.29 is 13.2 Å². The van der Waals surface area contributed by atoms with Crippen molar-refractivity contribution in [2.75, 3.05) is 17.6 Å². The molecule has 3 N–H and O–H groups in total. The number of sulfonamides is 1. The van der Waals surface area contributed by atoms with Crippen molar-refractivity contribution in [3.8, 4) is 5.75 Å². The molecule has 2 aromatic carbocycles. The highest BCUT2D eigenvalue weighted by molar-refractivity contribution is 7.92. The number of methoxy groups -OCH3 is 1. The standard InChI is InChI=1S/C14H15ClN2O3S/c1-9-3-5-11(6-4-9)21(18,19)17-14-12(15)7-10(16)8-13(14)20-2/h3-8,17H,16H2,1-2H3. The molecule has 0 spiro atoms. The van der Waals surface area contributed by atoms with Gasteiger partial charge in [0, 0.05) is 11.8 Å². The highest BCUT2D eigenvalue weighted by atomic mass is 35.5. The first kappa shape index (κ1) is 15.5. The number of nitrogens with one attached hydrogen (secondary N) is 1. The van der Waals surface area contributed by atoms with Crippen molar-refractivity contribution in [1.82, 2.24) is 0 Å². The number of ether oxygens (including phenoxy) is 1. The summed E-state index contributed by atoms with van der Waals surface area (Å²) in [5.74, 6) is 0.260. The molecule has 21 heavy (non-hydrogen) atoms. The molecule has 0 aliphatic carbocycles. The van der Waals surface area contributed by atoms with Crippen LogP contribution in [0.1, 0.15) is 5.56 Å². The normalized spacial score (nSPS) is 11.2. The summed E-state index contributed by atoms with van der Waals surface area (Å²) in [6.07, 6.45) is 0. The molecule has 5 nitrogen and oxygen atoms in total. The van der Waals surface area contributed by atoms with Gasteiger partial charge < -0.3 is 10.5 Å². The third-order valence-corrected chi connectivity index (χ3v) is 4.53. The lowest BCUT2D eigenvalue weighted by Crippen LogP contribution is -2.14. The molecule has 0 aromatic heterocycles. The van der Waals surface area contributed by atoms with Crippen LogP contribution >= 0.6 is 11.6 Å². The third-order valence-electron chi connectivity index (χ3n) is 2.86. The van der Waals surface area contributed by atoms with E-state index in [0.29, 0.717) is 5.69 Å². The van der Waals surface area contributed by atoms with E-state index < -0.39 is 10.0 Å². The molecule has 0 unspecified atom stereocenters. The molecular weight excluding hydrogens is 312 g/mol. The lowest BCUT2D eigenvalue weighted by Gasteiger charge is -2.14. The van der Waals surface area contributed by atoms with Crippen LogP contribution in [-0.4, -0.2) is 15.5 Å². The number of benzene rings is 2. The summed E-state index contributed by atoms with van der Waals surface area (Å²) in [7, 11) is -2.34. The summed E-state index contributed by atoms with van der Waals surface area (Å²) in [6.45, 7) is 1.88. The Labute approximate surface area is 128 Å². The van der Waals surface area contributed by atoms with Crippen molar-refractivity contribution in [2.24, 2.45) is 0 Å². The molecule has 2 aromatic rings. The summed E-state index contributed by atoms with van der Waals surface area (Å²) in [5.41, 5.74) is 7.17. The highest BCUT2D eigenvalue weighted by Gasteiger charge is 2.19. The van der Waals surface area contributed by atoms with E-state index >= 15 is 0 Å². The number of anilines is 2. The zero-order chi connectivity index (χ0) is 15.6. The van der Waals surface area contributed by atoms with Crippen molar-refractivity contribution in [3.63, 3.8) is 0 Å². The Bertz CT molecular complexity index is 759. The molecule has 112 valence electrons. The van der Waals surface area contributed by atoms with Crippen LogP contribution in [0.5, 0.6) is 5.75 Å². The Balaban J connectivity index is 2.44. The van der Waals surface area contributed by atoms with Crippen molar-refractivity contribution in [3.05, 3.63) is 47.0 Å². The topological polar surface area (TPSA) is 81.4 Å². The number of hydrogen-bond donors (Lipinski definition) is 2. The maximum Gasteiger partial charge on any atom is 0.262 e. The van der Waals surface area contributed by atoms with Gasteiger partial charge in [-0.25, -0.2) is 8.42 Å². The van der Waals surface area contributed by atoms with Crippen LogP contribution in [0.25, 0.3) is 0 Å². The molecule has 0 bridgehead atoms. The Morgan fingerprint density at radius 2 is 1.81 bits per heavy atom. The second-order valence-electron chi connectivity index (χ2n) is 4.50. The van der Waals surface area contributed by atoms with Crippen molar-refractivity contribution in [1.29, 1.82) is 0 Å². The second kappa shape index (κ2) is 5.83. The van der Waals surface area contributed by atoms with Gasteiger partial charge in [-0.05, 0) is 25.1 Å². The average molecular weight is 327 g/mol. The summed E-state index contributed by atoms with van der Waals surface area (Å²) >= 11 is 6.05. The minimum atomic E-state index is -3.75. The van der Waals surface area contributed by atoms with Crippen molar-refractivity contribution in [2.45, 2.75) is 11.8 Å². The predicted octanol–water partition coefficient (Wildman–Crippen LogP) is 3.04. The largest absolute Gasteiger partial charge is 0.494 e. The van der Waals surface area contributed by atoms with E-state index in [1.54, 1.807) is 12.1 Å². The van der Waals surface area contributed by atoms with Crippen LogP contribution in [0.3, 0.4) is 0 Å². The number of aryl methyl sites for hydroxylation is 1. The van der Waals surface area contributed by atoms with Gasteiger partial charge in [-0.3, -0.25) is 4.72 Å². The van der Waals surface area contributed by atoms with Crippen LogP contribution in [-0.2, 0) is 10.0 Å². The first-order valence-electron chi connectivity index (χ1n) is 6.06. The van der Waals surface area contributed by atoms with E-state index in [9.17, 15) is 8.42 Å². The van der Waals surface area contributed by atoms with Gasteiger partial charge in [-0.1, -0.05) is 29.3 Å². The van der Waals surface area contributed by atoms with Crippen LogP contribution in [0.15, 0.2) is 41.3 Å². The first-order valence-corrected chi connectivity index (χ1v) is 7.92. The number of nitrogen functional groups attached to an aromatic ring is 1. The summed E-state index contributed by atoms with van der Waals surface area (Å²) < 4.78 is 32.3. The van der Waals surface area contributed by atoms with Gasteiger partial charge in [0.15, 0.2) is 0 Å². The van der Waals surface area contributed by atoms with E-state index in [0.717, 1.165) is 5.56 Å². The lowest BCUT2D eigenvalue weighted by atomic mass is 10.2. The van der Waals surface area contributed by atoms with Gasteiger partial charge in [0.25, 0.3) is 10.0 Å². The van der Waals surface area contributed by atoms with Crippen LogP contribution in [0.2, 0.25) is 5.02 Å². The summed E-state index contributed by atoms with van der Waals surface area (Å²) in [6, 6.07) is 9.44. The quantitative estimate of drug-likeness (QED) is 0.846. The number of nitrogens with two attached hydrogens (primary N) is 1. The minimum Gasteiger partial charge on any atom is -0.494 e. The van der Waals surface area contributed by atoms with E-state index in [2.05, 4.69) is 4.72 Å². The maximum atomic E-state index is 12.4. The van der Waals surface area contributed by atoms with Crippen LogP contribution in [0.4, 0.5) is 11.4 Å². The fraction of sp³-hybridized carbons (Fsp3) is 0.143. The molecule has 0 amide bonds. The lowest BCUT2D eigenvalue weighted by molar-refractivity contribution is 0.417. The van der Waals surface area contributed by atoms with Gasteiger partial charge >= 0.3 is 0 Å². The fourth-order valence-corrected chi connectivity index (χ4v) is 3.19. The Kier molecular flexibility index (Phi) is 4.29. The van der Waals surface area contributed by atoms with Crippen LogP contribution < -0.4 is 15.2 Å². The molecule has 2 rings (SSSR count). The molecule has 0 aliphatic rings. The molecule has 0 saturated carbocycles. The highest BCUT2D eigenvalue weighted by Crippen LogP contribution is 2.36. The Hall–Kier alpha value is -1.92. The van der Waals surface area contributed by atoms with Gasteiger partial charge in [-0.2, -0.15) is 0 Å². The van der Waals surface area contributed by atoms with Crippen LogP contribution in [0, 0.1) is 6.92 Å². The maximum absolute atomic E-state index is 12.4. The monoisotopic (exact) mass is 326 g/mol. The molecule has 0 fully saturated rings. The molecule has 0 saturated heterocycles. The van der Waals surface area contributed by atoms with Gasteiger partial charge in [-0.15, -0.1) is 0 Å². The van der Waals surface area contributed by atoms with E-state index in [1.165, 1.54) is 31.4 Å². The van der Waals surface area contributed by atoms with Gasteiger partial charge in [0.1, 0.15) is 11.4 Å². The molecule has 0 aliphatic heterocycles. The Morgan fingerprint density at radius 3 is 2.38 bits per heavy atom. The van der Waals surface area contributed by atoms with Gasteiger partial charge in [0.2, 0.25) is 0 Å². The molecule has 7 heteroatoms. The fourth-order valence-electron chi connectivity index (χ4n) is 1.77. The molecular formula is C14H15ClN2O3S. The summed E-state index contributed by atoms with van der Waals surface area (Å²) in [4.78, 5) is 0.142. The number of hydrogen-bond acceptors (Lipinski definition) is 4. The van der Waals surface area contributed by atoms with E-state index in [4.69, 9.17) is 22.1 Å². The molecule has 0 radical (unpaired) electrons. The predicted molar refractivity (Wildman–Crippen MR) is 84.4 cm³/mol. The van der Waals surface area contributed by atoms with Gasteiger partial charge in [0.05, 0.1) is 17.0 Å². The average Bonchev–Trinajstić information content (AvgIpc) is 2.42. The summed E-state index contributed by atoms with van der Waals surface area (Å²) in [5, 5.41) is 0.169. The zero-order valence-electron chi connectivity index (χ0n) is 11.6.